The van der Waals surface area contributed by atoms with Gasteiger partial charge in [0.1, 0.15) is 6.04 Å². The zero-order chi connectivity index (χ0) is 34.4. The van der Waals surface area contributed by atoms with E-state index in [0.29, 0.717) is 31.5 Å². The Labute approximate surface area is 274 Å². The van der Waals surface area contributed by atoms with Crippen LogP contribution in [0, 0.1) is 11.8 Å². The molecule has 0 bridgehead atoms. The molecule has 2 saturated heterocycles. The van der Waals surface area contributed by atoms with Crippen LogP contribution in [0.4, 0.5) is 0 Å². The lowest BCUT2D eigenvalue weighted by Gasteiger charge is -2.30. The van der Waals surface area contributed by atoms with Crippen LogP contribution in [0.1, 0.15) is 113 Å². The number of hydrogen-bond acceptors (Lipinski definition) is 6. The van der Waals surface area contributed by atoms with Crippen molar-refractivity contribution >= 4 is 24.1 Å². The van der Waals surface area contributed by atoms with Crippen molar-refractivity contribution in [3.05, 3.63) is 11.6 Å². The molecule has 4 amide bonds. The van der Waals surface area contributed by atoms with Crippen LogP contribution in [0.3, 0.4) is 0 Å². The second-order valence-corrected chi connectivity index (χ2v) is 13.6. The van der Waals surface area contributed by atoms with E-state index in [1.165, 1.54) is 37.3 Å². The highest BCUT2D eigenvalue weighted by Crippen LogP contribution is 2.22. The number of unbranched alkanes of at least 4 members (excludes halogenated alkanes) is 3. The quantitative estimate of drug-likeness (QED) is 0.139. The third kappa shape index (κ3) is 18.3. The van der Waals surface area contributed by atoms with E-state index in [4.69, 9.17) is 5.11 Å². The Balaban J connectivity index is 0.00000123. The van der Waals surface area contributed by atoms with E-state index in [0.717, 1.165) is 44.1 Å². The monoisotopic (exact) mass is 638 g/mol. The van der Waals surface area contributed by atoms with Crippen LogP contribution >= 0.6 is 0 Å². The number of aliphatic hydroxyl groups is 1. The second-order valence-electron chi connectivity index (χ2n) is 13.6. The highest BCUT2D eigenvalue weighted by molar-refractivity contribution is 5.97. The third-order valence-corrected chi connectivity index (χ3v) is 7.94. The van der Waals surface area contributed by atoms with E-state index in [2.05, 4.69) is 50.2 Å². The minimum absolute atomic E-state index is 0.0615. The molecule has 2 fully saturated rings. The molecule has 262 valence electrons. The molecule has 1 unspecified atom stereocenters. The average Bonchev–Trinajstić information content (AvgIpc) is 3.50. The number of likely N-dealkylation sites (tertiary alicyclic amines) is 2. The fourth-order valence-corrected chi connectivity index (χ4v) is 5.36. The zero-order valence-corrected chi connectivity index (χ0v) is 30.1. The molecule has 2 aliphatic heterocycles. The Kier molecular flexibility index (Phi) is 23.4. The van der Waals surface area contributed by atoms with Gasteiger partial charge in [0.05, 0.1) is 12.6 Å². The van der Waals surface area contributed by atoms with E-state index in [9.17, 15) is 19.2 Å². The van der Waals surface area contributed by atoms with Crippen molar-refractivity contribution in [3.63, 3.8) is 0 Å². The maximum atomic E-state index is 13.1. The molecule has 0 aromatic carbocycles. The first-order valence-corrected chi connectivity index (χ1v) is 17.3. The van der Waals surface area contributed by atoms with Crippen molar-refractivity contribution < 1.29 is 24.3 Å². The molecule has 0 saturated carbocycles. The van der Waals surface area contributed by atoms with Crippen molar-refractivity contribution in [1.82, 2.24) is 25.3 Å². The summed E-state index contributed by atoms with van der Waals surface area (Å²) in [6, 6.07) is -0.0176. The van der Waals surface area contributed by atoms with E-state index in [1.54, 1.807) is 24.9 Å². The molecule has 2 rings (SSSR count). The van der Waals surface area contributed by atoms with Gasteiger partial charge in [0.25, 0.3) is 0 Å². The fourth-order valence-electron chi connectivity index (χ4n) is 5.36. The lowest BCUT2D eigenvalue weighted by Crippen LogP contribution is -2.47. The highest BCUT2D eigenvalue weighted by Gasteiger charge is 2.34. The number of piperidine rings is 1. The van der Waals surface area contributed by atoms with Gasteiger partial charge in [0, 0.05) is 38.4 Å². The summed E-state index contributed by atoms with van der Waals surface area (Å²) in [6.45, 7) is 20.6. The predicted octanol–water partition coefficient (Wildman–Crippen LogP) is 4.36. The van der Waals surface area contributed by atoms with Gasteiger partial charge < -0.3 is 30.4 Å². The zero-order valence-electron chi connectivity index (χ0n) is 30.1. The molecule has 10 nitrogen and oxygen atoms in total. The normalized spacial score (nSPS) is 17.7. The molecule has 0 radical (unpaired) electrons. The number of carbonyl (C=O) groups is 4. The first-order chi connectivity index (χ1) is 21.3. The van der Waals surface area contributed by atoms with Crippen LogP contribution in [-0.2, 0) is 19.2 Å². The van der Waals surface area contributed by atoms with Crippen molar-refractivity contribution in [2.24, 2.45) is 11.8 Å². The Hall–Kier alpha value is -2.46. The van der Waals surface area contributed by atoms with Crippen LogP contribution in [-0.4, -0.2) is 108 Å². The minimum Gasteiger partial charge on any atom is -0.396 e. The minimum atomic E-state index is -0.475. The molecule has 3 N–H and O–H groups in total. The predicted molar refractivity (Wildman–Crippen MR) is 184 cm³/mol. The molecule has 0 aliphatic carbocycles. The first kappa shape index (κ1) is 42.5. The number of carbonyl (C=O) groups excluding carboxylic acids is 4. The van der Waals surface area contributed by atoms with Gasteiger partial charge in [0.2, 0.25) is 24.1 Å². The topological polar surface area (TPSA) is 122 Å². The van der Waals surface area contributed by atoms with Crippen LogP contribution < -0.4 is 10.6 Å². The lowest BCUT2D eigenvalue weighted by molar-refractivity contribution is -0.135. The van der Waals surface area contributed by atoms with Crippen molar-refractivity contribution in [1.29, 1.82) is 0 Å². The van der Waals surface area contributed by atoms with Crippen molar-refractivity contribution in [2.75, 3.05) is 46.4 Å². The number of nitrogens with zero attached hydrogens (tertiary/aromatic N) is 3. The fraction of sp³-hybridized carbons (Fsp3) is 0.829. The van der Waals surface area contributed by atoms with E-state index >= 15 is 0 Å². The van der Waals surface area contributed by atoms with Gasteiger partial charge in [-0.3, -0.25) is 19.2 Å². The van der Waals surface area contributed by atoms with Gasteiger partial charge in [-0.2, -0.15) is 0 Å². The molecule has 45 heavy (non-hydrogen) atoms. The number of aliphatic hydroxyl groups excluding tert-OH is 1. The Morgan fingerprint density at radius 3 is 2.02 bits per heavy atom. The van der Waals surface area contributed by atoms with E-state index in [-0.39, 0.29) is 42.8 Å². The molecule has 10 heteroatoms. The molecule has 0 spiro atoms. The molecular formula is C35H67N5O5. The number of amides is 4. The molecule has 0 aromatic heterocycles. The molecule has 0 aromatic rings. The SMILES string of the molecule is C/C(=C\C(C(C)C)N(C)C(=O)CNC=O)C(=O)N1CCC[C@H]1C(=O)NCCCCCCO.CC(C)C.CC(C)N1CCCCC1. The highest BCUT2D eigenvalue weighted by atomic mass is 16.3. The van der Waals surface area contributed by atoms with Gasteiger partial charge in [-0.15, -0.1) is 0 Å². The second kappa shape index (κ2) is 24.7. The van der Waals surface area contributed by atoms with Gasteiger partial charge in [0.15, 0.2) is 0 Å². The summed E-state index contributed by atoms with van der Waals surface area (Å²) in [7, 11) is 1.65. The summed E-state index contributed by atoms with van der Waals surface area (Å²) in [5, 5.41) is 14.1. The molecule has 2 aliphatic rings. The molecular weight excluding hydrogens is 570 g/mol. The summed E-state index contributed by atoms with van der Waals surface area (Å²) in [5.41, 5.74) is 0.496. The van der Waals surface area contributed by atoms with Crippen LogP contribution in [0.15, 0.2) is 11.6 Å². The van der Waals surface area contributed by atoms with E-state index < -0.39 is 6.04 Å². The summed E-state index contributed by atoms with van der Waals surface area (Å²) in [4.78, 5) is 54.3. The summed E-state index contributed by atoms with van der Waals surface area (Å²) in [6.07, 6.45) is 11.5. The smallest absolute Gasteiger partial charge is 0.249 e. The Bertz CT molecular complexity index is 868. The standard InChI is InChI=1S/C23H40N4O5.C8H17N.C4H10/c1-17(2)20(26(4)21(30)15-24-16-29)14-18(3)23(32)27-12-9-10-19(27)22(31)25-11-7-5-6-8-13-28;1-8(2)9-6-4-3-5-7-9;1-4(2)3/h14,16-17,19-20,28H,5-13,15H2,1-4H3,(H,24,29)(H,25,31);8H,3-7H2,1-2H3;4H,1-3H3/b18-14+;;/t19-,20?;;/m0../s1. The lowest BCUT2D eigenvalue weighted by atomic mass is 9.99. The number of likely N-dealkylation sites (N-methyl/N-ethyl adjacent to an activating group) is 1. The van der Waals surface area contributed by atoms with Crippen LogP contribution in [0.25, 0.3) is 0 Å². The summed E-state index contributed by atoms with van der Waals surface area (Å²) < 4.78 is 0. The van der Waals surface area contributed by atoms with Gasteiger partial charge in [-0.1, -0.05) is 60.0 Å². The summed E-state index contributed by atoms with van der Waals surface area (Å²) >= 11 is 0. The maximum absolute atomic E-state index is 13.1. The molecule has 2 heterocycles. The Morgan fingerprint density at radius 2 is 1.51 bits per heavy atom. The Morgan fingerprint density at radius 1 is 0.911 bits per heavy atom. The number of rotatable bonds is 15. The van der Waals surface area contributed by atoms with Gasteiger partial charge in [-0.25, -0.2) is 0 Å². The maximum Gasteiger partial charge on any atom is 0.249 e. The number of nitrogens with one attached hydrogen (secondary N) is 2. The van der Waals surface area contributed by atoms with Crippen molar-refractivity contribution in [2.45, 2.75) is 131 Å². The first-order valence-electron chi connectivity index (χ1n) is 17.3. The molecule has 2 atom stereocenters. The largest absolute Gasteiger partial charge is 0.396 e. The third-order valence-electron chi connectivity index (χ3n) is 7.94. The van der Waals surface area contributed by atoms with Crippen molar-refractivity contribution in [3.8, 4) is 0 Å². The number of hydrogen-bond donors (Lipinski definition) is 3. The van der Waals surface area contributed by atoms with Gasteiger partial charge in [-0.05, 0) is 84.2 Å². The van der Waals surface area contributed by atoms with E-state index in [1.807, 2.05) is 13.8 Å². The van der Waals surface area contributed by atoms with Crippen LogP contribution in [0.2, 0.25) is 0 Å². The summed E-state index contributed by atoms with van der Waals surface area (Å²) in [5.74, 6) is 0.331. The van der Waals surface area contributed by atoms with Crippen LogP contribution in [0.5, 0.6) is 0 Å². The van der Waals surface area contributed by atoms with Gasteiger partial charge >= 0.3 is 0 Å². The average molecular weight is 638 g/mol.